The van der Waals surface area contributed by atoms with Crippen molar-refractivity contribution in [3.05, 3.63) is 48.6 Å². The molecule has 0 rings (SSSR count). The summed E-state index contributed by atoms with van der Waals surface area (Å²) in [5.74, 6) is -0.361. The van der Waals surface area contributed by atoms with Crippen molar-refractivity contribution in [2.24, 2.45) is 0 Å². The number of nitrogens with zero attached hydrogens (tertiary/aromatic N) is 1. The first-order chi connectivity index (χ1) is 20.6. The molecular formula is C34H63NO7P+. The molecule has 250 valence electrons. The molecule has 0 aromatic carbocycles. The van der Waals surface area contributed by atoms with Crippen molar-refractivity contribution >= 4 is 13.8 Å². The molecule has 0 aliphatic carbocycles. The quantitative estimate of drug-likeness (QED) is 0.0292. The van der Waals surface area contributed by atoms with Gasteiger partial charge in [-0.1, -0.05) is 94.6 Å². The lowest BCUT2D eigenvalue weighted by atomic mass is 10.1. The fourth-order valence-electron chi connectivity index (χ4n) is 3.83. The number of allylic oxidation sites excluding steroid dienone is 8. The van der Waals surface area contributed by atoms with Gasteiger partial charge in [0.15, 0.2) is 0 Å². The Labute approximate surface area is 263 Å². The number of hydrogen-bond acceptors (Lipinski definition) is 6. The molecule has 9 heteroatoms. The smallest absolute Gasteiger partial charge is 0.457 e. The molecule has 0 heterocycles. The van der Waals surface area contributed by atoms with Crippen LogP contribution in [0.1, 0.15) is 104 Å². The van der Waals surface area contributed by atoms with Crippen LogP contribution in [0, 0.1) is 0 Å². The standard InChI is InChI=1S/C34H62NO7P/c1-6-8-10-12-14-15-16-17-18-19-20-21-22-23-25-27-34(36)42-33(31-39-29-26-24-13-11-9-7-2)32-41-43(37,38)40-30-28-35(3,4)5/h8,10,14-15,17-18,20-21,33H,6-7,9,11-13,16,19,22-32H2,1-5H3/p+1/b10-8-,15-14-,18-17-,21-20-. The van der Waals surface area contributed by atoms with Gasteiger partial charge in [0.05, 0.1) is 34.4 Å². The maximum atomic E-state index is 12.5. The van der Waals surface area contributed by atoms with Gasteiger partial charge in [-0.05, 0) is 51.4 Å². The summed E-state index contributed by atoms with van der Waals surface area (Å²) in [4.78, 5) is 22.6. The minimum absolute atomic E-state index is 0.0789. The van der Waals surface area contributed by atoms with Gasteiger partial charge >= 0.3 is 13.8 Å². The monoisotopic (exact) mass is 628 g/mol. The Hall–Kier alpha value is -1.54. The third kappa shape index (κ3) is 31.7. The summed E-state index contributed by atoms with van der Waals surface area (Å²) in [5, 5.41) is 0. The lowest BCUT2D eigenvalue weighted by molar-refractivity contribution is -0.870. The first-order valence-electron chi connectivity index (χ1n) is 16.4. The van der Waals surface area contributed by atoms with E-state index in [0.29, 0.717) is 24.1 Å². The van der Waals surface area contributed by atoms with Gasteiger partial charge in [0, 0.05) is 13.0 Å². The normalized spacial score (nSPS) is 14.8. The summed E-state index contributed by atoms with van der Waals surface area (Å²) in [6.07, 6.45) is 30.1. The van der Waals surface area contributed by atoms with Gasteiger partial charge in [0.2, 0.25) is 0 Å². The van der Waals surface area contributed by atoms with Crippen LogP contribution in [0.5, 0.6) is 0 Å². The van der Waals surface area contributed by atoms with E-state index in [2.05, 4.69) is 62.5 Å². The Morgan fingerprint density at radius 2 is 1.35 bits per heavy atom. The van der Waals surface area contributed by atoms with Gasteiger partial charge in [-0.25, -0.2) is 4.57 Å². The summed E-state index contributed by atoms with van der Waals surface area (Å²) in [5.41, 5.74) is 0. The lowest BCUT2D eigenvalue weighted by Crippen LogP contribution is -2.37. The van der Waals surface area contributed by atoms with Crippen LogP contribution in [-0.2, 0) is 27.9 Å². The maximum Gasteiger partial charge on any atom is 0.472 e. The number of likely N-dealkylation sites (N-methyl/N-ethyl adjacent to an activating group) is 1. The number of phosphoric acid groups is 1. The van der Waals surface area contributed by atoms with Crippen molar-refractivity contribution in [3.8, 4) is 0 Å². The zero-order chi connectivity index (χ0) is 32.1. The van der Waals surface area contributed by atoms with Crippen LogP contribution >= 0.6 is 7.82 Å². The molecule has 0 fully saturated rings. The van der Waals surface area contributed by atoms with Gasteiger partial charge in [-0.15, -0.1) is 0 Å². The van der Waals surface area contributed by atoms with E-state index in [0.717, 1.165) is 51.4 Å². The summed E-state index contributed by atoms with van der Waals surface area (Å²) >= 11 is 0. The first-order valence-corrected chi connectivity index (χ1v) is 17.9. The second-order valence-electron chi connectivity index (χ2n) is 11.8. The van der Waals surface area contributed by atoms with E-state index < -0.39 is 13.9 Å². The molecule has 0 aliphatic heterocycles. The molecule has 0 aliphatic rings. The molecule has 0 saturated carbocycles. The van der Waals surface area contributed by atoms with E-state index in [-0.39, 0.29) is 32.2 Å². The van der Waals surface area contributed by atoms with Crippen molar-refractivity contribution in [3.63, 3.8) is 0 Å². The average molecular weight is 629 g/mol. The van der Waals surface area contributed by atoms with Crippen LogP contribution in [-0.4, -0.2) is 75.6 Å². The van der Waals surface area contributed by atoms with E-state index in [9.17, 15) is 14.3 Å². The van der Waals surface area contributed by atoms with Crippen molar-refractivity contribution in [2.75, 3.05) is 54.1 Å². The molecular weight excluding hydrogens is 565 g/mol. The Morgan fingerprint density at radius 1 is 0.744 bits per heavy atom. The van der Waals surface area contributed by atoms with Crippen molar-refractivity contribution in [2.45, 2.75) is 110 Å². The number of phosphoric ester groups is 1. The molecule has 43 heavy (non-hydrogen) atoms. The van der Waals surface area contributed by atoms with Gasteiger partial charge in [-0.3, -0.25) is 13.8 Å². The lowest BCUT2D eigenvalue weighted by Gasteiger charge is -2.24. The van der Waals surface area contributed by atoms with Crippen molar-refractivity contribution in [1.82, 2.24) is 0 Å². The van der Waals surface area contributed by atoms with Crippen LogP contribution in [0.2, 0.25) is 0 Å². The Bertz CT molecular complexity index is 833. The molecule has 2 atom stereocenters. The summed E-state index contributed by atoms with van der Waals surface area (Å²) in [7, 11) is 1.63. The van der Waals surface area contributed by atoms with Gasteiger partial charge in [-0.2, -0.15) is 0 Å². The molecule has 0 aromatic heterocycles. The largest absolute Gasteiger partial charge is 0.472 e. The van der Waals surface area contributed by atoms with Crippen LogP contribution in [0.3, 0.4) is 0 Å². The van der Waals surface area contributed by atoms with Gasteiger partial charge in [0.25, 0.3) is 0 Å². The number of carbonyl (C=O) groups is 1. The molecule has 2 unspecified atom stereocenters. The van der Waals surface area contributed by atoms with Gasteiger partial charge < -0.3 is 18.9 Å². The number of hydrogen-bond donors (Lipinski definition) is 1. The highest BCUT2D eigenvalue weighted by molar-refractivity contribution is 7.47. The highest BCUT2D eigenvalue weighted by Crippen LogP contribution is 2.43. The number of carbonyl (C=O) groups excluding carboxylic acids is 1. The Balaban J connectivity index is 4.40. The fourth-order valence-corrected chi connectivity index (χ4v) is 4.58. The Morgan fingerprint density at radius 3 is 1.98 bits per heavy atom. The van der Waals surface area contributed by atoms with Crippen LogP contribution < -0.4 is 0 Å². The fraction of sp³-hybridized carbons (Fsp3) is 0.735. The predicted molar refractivity (Wildman–Crippen MR) is 178 cm³/mol. The summed E-state index contributed by atoms with van der Waals surface area (Å²) in [6.45, 7) is 5.36. The predicted octanol–water partition coefficient (Wildman–Crippen LogP) is 8.48. The number of ether oxygens (including phenoxy) is 2. The van der Waals surface area contributed by atoms with Crippen LogP contribution in [0.15, 0.2) is 48.6 Å². The second kappa shape index (κ2) is 28.0. The van der Waals surface area contributed by atoms with E-state index in [1.54, 1.807) is 0 Å². The topological polar surface area (TPSA) is 91.3 Å². The minimum Gasteiger partial charge on any atom is -0.457 e. The molecule has 8 nitrogen and oxygen atoms in total. The van der Waals surface area contributed by atoms with E-state index in [1.165, 1.54) is 25.7 Å². The maximum absolute atomic E-state index is 12.5. The zero-order valence-electron chi connectivity index (χ0n) is 27.9. The average Bonchev–Trinajstić information content (AvgIpc) is 2.94. The highest BCUT2D eigenvalue weighted by atomic mass is 31.2. The zero-order valence-corrected chi connectivity index (χ0v) is 28.8. The highest BCUT2D eigenvalue weighted by Gasteiger charge is 2.26. The molecule has 1 N–H and O–H groups in total. The molecule has 0 radical (unpaired) electrons. The third-order valence-corrected chi connectivity index (χ3v) is 7.39. The van der Waals surface area contributed by atoms with Crippen molar-refractivity contribution in [1.29, 1.82) is 0 Å². The first kappa shape index (κ1) is 41.5. The molecule has 0 amide bonds. The molecule has 0 bridgehead atoms. The number of unbranched alkanes of at least 4 members (excludes halogenated alkanes) is 7. The summed E-state index contributed by atoms with van der Waals surface area (Å²) in [6, 6.07) is 0. The van der Waals surface area contributed by atoms with Gasteiger partial charge in [0.1, 0.15) is 19.3 Å². The van der Waals surface area contributed by atoms with E-state index >= 15 is 0 Å². The van der Waals surface area contributed by atoms with E-state index in [1.807, 2.05) is 21.1 Å². The minimum atomic E-state index is -4.27. The van der Waals surface area contributed by atoms with Crippen LogP contribution in [0.25, 0.3) is 0 Å². The molecule has 0 saturated heterocycles. The Kier molecular flexibility index (Phi) is 27.0. The number of quaternary nitrogens is 1. The third-order valence-electron chi connectivity index (χ3n) is 6.40. The molecule has 0 spiro atoms. The SMILES string of the molecule is CC/C=C\C/C=C\C/C=C\C/C=C\CCCCC(=O)OC(COCCCCCCCC)COP(=O)(O)OCC[N+](C)(C)C. The second-order valence-corrected chi connectivity index (χ2v) is 13.3. The number of esters is 1. The summed E-state index contributed by atoms with van der Waals surface area (Å²) < 4.78 is 34.5. The van der Waals surface area contributed by atoms with Crippen molar-refractivity contribution < 1.29 is 37.3 Å². The van der Waals surface area contributed by atoms with E-state index in [4.69, 9.17) is 18.5 Å². The molecule has 0 aromatic rings. The number of rotatable bonds is 29. The van der Waals surface area contributed by atoms with Crippen LogP contribution in [0.4, 0.5) is 0 Å².